The Balaban J connectivity index is 3.27. The van der Waals surface area contributed by atoms with Crippen molar-refractivity contribution >= 4 is 0 Å². The summed E-state index contributed by atoms with van der Waals surface area (Å²) in [5.41, 5.74) is 0. The van der Waals surface area contributed by atoms with Crippen molar-refractivity contribution in [2.45, 2.75) is 52.0 Å². The summed E-state index contributed by atoms with van der Waals surface area (Å²) < 4.78 is 0. The lowest BCUT2D eigenvalue weighted by atomic mass is 10.1. The van der Waals surface area contributed by atoms with Crippen molar-refractivity contribution in [3.05, 3.63) is 12.8 Å². The van der Waals surface area contributed by atoms with Crippen molar-refractivity contribution in [1.82, 2.24) is 5.32 Å². The van der Waals surface area contributed by atoms with Gasteiger partial charge in [0.15, 0.2) is 0 Å². The standard InChI is InChI=1S/C10H21N/c1-4-7-8-9-10(5-2)11-6-3/h6,10-11H,3-5,7-9H2,1-2H3/t10-/m0/s1. The van der Waals surface area contributed by atoms with E-state index in [0.29, 0.717) is 6.04 Å². The molecule has 0 bridgehead atoms. The van der Waals surface area contributed by atoms with Gasteiger partial charge in [-0.1, -0.05) is 39.7 Å². The van der Waals surface area contributed by atoms with E-state index < -0.39 is 0 Å². The molecule has 0 aliphatic heterocycles. The molecular formula is C10H21N. The van der Waals surface area contributed by atoms with Crippen LogP contribution >= 0.6 is 0 Å². The molecule has 0 heterocycles. The lowest BCUT2D eigenvalue weighted by molar-refractivity contribution is 0.496. The van der Waals surface area contributed by atoms with Gasteiger partial charge >= 0.3 is 0 Å². The Morgan fingerprint density at radius 1 is 1.36 bits per heavy atom. The van der Waals surface area contributed by atoms with Crippen LogP contribution in [0.25, 0.3) is 0 Å². The molecule has 0 spiro atoms. The largest absolute Gasteiger partial charge is 0.389 e. The normalized spacial score (nSPS) is 12.5. The molecule has 0 aliphatic rings. The van der Waals surface area contributed by atoms with Gasteiger partial charge in [0.1, 0.15) is 0 Å². The lowest BCUT2D eigenvalue weighted by Crippen LogP contribution is -2.22. The van der Waals surface area contributed by atoms with Crippen LogP contribution in [0.3, 0.4) is 0 Å². The van der Waals surface area contributed by atoms with E-state index in [1.807, 2.05) is 0 Å². The highest BCUT2D eigenvalue weighted by molar-refractivity contribution is 4.72. The van der Waals surface area contributed by atoms with Crippen LogP contribution < -0.4 is 5.32 Å². The third-order valence-corrected chi connectivity index (χ3v) is 2.00. The van der Waals surface area contributed by atoms with E-state index in [0.717, 1.165) is 0 Å². The fraction of sp³-hybridized carbons (Fsp3) is 0.800. The Morgan fingerprint density at radius 3 is 2.55 bits per heavy atom. The van der Waals surface area contributed by atoms with Crippen LogP contribution in [0.1, 0.15) is 46.0 Å². The number of unbranched alkanes of at least 4 members (excludes halogenated alkanes) is 2. The van der Waals surface area contributed by atoms with Crippen molar-refractivity contribution in [1.29, 1.82) is 0 Å². The van der Waals surface area contributed by atoms with E-state index in [1.54, 1.807) is 6.20 Å². The van der Waals surface area contributed by atoms with Crippen LogP contribution in [-0.4, -0.2) is 6.04 Å². The third kappa shape index (κ3) is 5.96. The van der Waals surface area contributed by atoms with Gasteiger partial charge in [-0.15, -0.1) is 0 Å². The number of rotatable bonds is 7. The second-order valence-corrected chi connectivity index (χ2v) is 2.97. The van der Waals surface area contributed by atoms with Crippen LogP contribution in [0.2, 0.25) is 0 Å². The minimum absolute atomic E-state index is 0.652. The zero-order valence-electron chi connectivity index (χ0n) is 7.90. The Hall–Kier alpha value is -0.460. The molecule has 0 aromatic rings. The summed E-state index contributed by atoms with van der Waals surface area (Å²) in [6.07, 6.45) is 8.31. The highest BCUT2D eigenvalue weighted by atomic mass is 14.9. The maximum atomic E-state index is 3.67. The Kier molecular flexibility index (Phi) is 7.33. The fourth-order valence-electron chi connectivity index (χ4n) is 1.21. The quantitative estimate of drug-likeness (QED) is 0.557. The highest BCUT2D eigenvalue weighted by Crippen LogP contribution is 2.05. The van der Waals surface area contributed by atoms with Gasteiger partial charge in [-0.05, 0) is 19.0 Å². The first kappa shape index (κ1) is 10.5. The monoisotopic (exact) mass is 155 g/mol. The van der Waals surface area contributed by atoms with Gasteiger partial charge in [0.05, 0.1) is 0 Å². The molecule has 66 valence electrons. The van der Waals surface area contributed by atoms with E-state index in [4.69, 9.17) is 0 Å². The van der Waals surface area contributed by atoms with Gasteiger partial charge in [0.25, 0.3) is 0 Å². The van der Waals surface area contributed by atoms with Gasteiger partial charge < -0.3 is 5.32 Å². The Labute approximate surface area is 70.9 Å². The van der Waals surface area contributed by atoms with Crippen molar-refractivity contribution in [2.24, 2.45) is 0 Å². The molecule has 0 aliphatic carbocycles. The lowest BCUT2D eigenvalue weighted by Gasteiger charge is -2.13. The second kappa shape index (κ2) is 7.64. The highest BCUT2D eigenvalue weighted by Gasteiger charge is 2.00. The summed E-state index contributed by atoms with van der Waals surface area (Å²) in [4.78, 5) is 0. The number of hydrogen-bond donors (Lipinski definition) is 1. The molecule has 0 saturated carbocycles. The van der Waals surface area contributed by atoms with Gasteiger partial charge in [-0.2, -0.15) is 0 Å². The molecule has 0 fully saturated rings. The molecule has 1 nitrogen and oxygen atoms in total. The van der Waals surface area contributed by atoms with Crippen molar-refractivity contribution in [2.75, 3.05) is 0 Å². The molecule has 11 heavy (non-hydrogen) atoms. The first-order chi connectivity index (χ1) is 5.35. The molecule has 1 atom stereocenters. The predicted molar refractivity (Wildman–Crippen MR) is 51.6 cm³/mol. The van der Waals surface area contributed by atoms with Crippen LogP contribution in [-0.2, 0) is 0 Å². The van der Waals surface area contributed by atoms with Crippen molar-refractivity contribution in [3.8, 4) is 0 Å². The van der Waals surface area contributed by atoms with E-state index in [1.165, 1.54) is 32.1 Å². The van der Waals surface area contributed by atoms with Gasteiger partial charge in [0.2, 0.25) is 0 Å². The first-order valence-electron chi connectivity index (χ1n) is 4.72. The zero-order valence-corrected chi connectivity index (χ0v) is 7.90. The summed E-state index contributed by atoms with van der Waals surface area (Å²) in [5, 5.41) is 3.26. The summed E-state index contributed by atoms with van der Waals surface area (Å²) in [6.45, 7) is 8.12. The molecule has 1 heteroatoms. The Bertz CT molecular complexity index is 88.9. The summed E-state index contributed by atoms with van der Waals surface area (Å²) in [5.74, 6) is 0. The summed E-state index contributed by atoms with van der Waals surface area (Å²) >= 11 is 0. The third-order valence-electron chi connectivity index (χ3n) is 2.00. The minimum atomic E-state index is 0.652. The molecule has 0 unspecified atom stereocenters. The summed E-state index contributed by atoms with van der Waals surface area (Å²) in [7, 11) is 0. The maximum Gasteiger partial charge on any atom is 0.0252 e. The van der Waals surface area contributed by atoms with Gasteiger partial charge in [-0.3, -0.25) is 0 Å². The predicted octanol–water partition coefficient (Wildman–Crippen LogP) is 3.08. The molecule has 0 aromatic heterocycles. The van der Waals surface area contributed by atoms with Crippen molar-refractivity contribution in [3.63, 3.8) is 0 Å². The van der Waals surface area contributed by atoms with Crippen LogP contribution in [0, 0.1) is 0 Å². The minimum Gasteiger partial charge on any atom is -0.389 e. The molecule has 0 radical (unpaired) electrons. The van der Waals surface area contributed by atoms with Crippen molar-refractivity contribution < 1.29 is 0 Å². The molecule has 0 rings (SSSR count). The number of nitrogens with one attached hydrogen (secondary N) is 1. The zero-order chi connectivity index (χ0) is 8.53. The SMILES string of the molecule is C=CN[C@@H](CC)CCCCC. The van der Waals surface area contributed by atoms with Gasteiger partial charge in [-0.25, -0.2) is 0 Å². The van der Waals surface area contributed by atoms with Crippen LogP contribution in [0.5, 0.6) is 0 Å². The van der Waals surface area contributed by atoms with Gasteiger partial charge in [0, 0.05) is 6.04 Å². The molecule has 0 amide bonds. The van der Waals surface area contributed by atoms with Crippen LogP contribution in [0.15, 0.2) is 12.8 Å². The smallest absolute Gasteiger partial charge is 0.0252 e. The van der Waals surface area contributed by atoms with E-state index >= 15 is 0 Å². The molecule has 0 aromatic carbocycles. The number of hydrogen-bond acceptors (Lipinski definition) is 1. The fourth-order valence-corrected chi connectivity index (χ4v) is 1.21. The topological polar surface area (TPSA) is 12.0 Å². The second-order valence-electron chi connectivity index (χ2n) is 2.97. The summed E-state index contributed by atoms with van der Waals surface area (Å²) in [6, 6.07) is 0.652. The van der Waals surface area contributed by atoms with E-state index in [-0.39, 0.29) is 0 Å². The molecule has 0 saturated heterocycles. The molecule has 1 N–H and O–H groups in total. The average molecular weight is 155 g/mol. The Morgan fingerprint density at radius 2 is 2.09 bits per heavy atom. The maximum absolute atomic E-state index is 3.67. The average Bonchev–Trinajstić information content (AvgIpc) is 2.03. The van der Waals surface area contributed by atoms with E-state index in [9.17, 15) is 0 Å². The van der Waals surface area contributed by atoms with Crippen LogP contribution in [0.4, 0.5) is 0 Å². The first-order valence-corrected chi connectivity index (χ1v) is 4.72. The molecular weight excluding hydrogens is 134 g/mol. The van der Waals surface area contributed by atoms with E-state index in [2.05, 4.69) is 25.7 Å².